The minimum absolute atomic E-state index is 0.0516. The number of ether oxygens (including phenoxy) is 1. The maximum absolute atomic E-state index is 14.2. The summed E-state index contributed by atoms with van der Waals surface area (Å²) in [5.41, 5.74) is 8.02. The van der Waals surface area contributed by atoms with E-state index in [4.69, 9.17) is 10.5 Å². The summed E-state index contributed by atoms with van der Waals surface area (Å²) in [6, 6.07) is 6.42. The SMILES string of the molecule is CC1Oc2nc(cnc2N)-c2c(nn(C)c2C#N)N=C2C=CC=NN2c2ccc(F)cc21. The third kappa shape index (κ3) is 3.05. The fraction of sp³-hybridized carbons (Fsp3) is 0.143. The molecule has 2 aliphatic heterocycles. The number of hydrogen-bond acceptors (Lipinski definition) is 9. The van der Waals surface area contributed by atoms with Crippen molar-refractivity contribution >= 4 is 29.4 Å². The molecule has 0 radical (unpaired) electrons. The lowest BCUT2D eigenvalue weighted by molar-refractivity contribution is 0.218. The molecule has 2 aromatic heterocycles. The molecule has 0 spiro atoms. The van der Waals surface area contributed by atoms with E-state index < -0.39 is 11.9 Å². The predicted molar refractivity (Wildman–Crippen MR) is 116 cm³/mol. The van der Waals surface area contributed by atoms with Crippen LogP contribution in [0.3, 0.4) is 0 Å². The summed E-state index contributed by atoms with van der Waals surface area (Å²) < 4.78 is 21.6. The lowest BCUT2D eigenvalue weighted by Gasteiger charge is -2.26. The van der Waals surface area contributed by atoms with Crippen molar-refractivity contribution in [1.29, 1.82) is 5.26 Å². The molecule has 0 aliphatic carbocycles. The zero-order chi connectivity index (χ0) is 22.4. The monoisotopic (exact) mass is 429 g/mol. The van der Waals surface area contributed by atoms with Gasteiger partial charge in [0.05, 0.1) is 23.1 Å². The quantitative estimate of drug-likeness (QED) is 0.581. The number of hydrazone groups is 1. The molecule has 158 valence electrons. The van der Waals surface area contributed by atoms with Crippen molar-refractivity contribution in [3.05, 3.63) is 53.6 Å². The van der Waals surface area contributed by atoms with Gasteiger partial charge in [0.15, 0.2) is 17.5 Å². The Hall–Kier alpha value is -4.59. The molecule has 2 bridgehead atoms. The Morgan fingerprint density at radius 1 is 1.31 bits per heavy atom. The molecule has 0 saturated heterocycles. The summed E-state index contributed by atoms with van der Waals surface area (Å²) in [4.78, 5) is 13.3. The Morgan fingerprint density at radius 2 is 2.16 bits per heavy atom. The Kier molecular flexibility index (Phi) is 4.41. The number of rotatable bonds is 0. The summed E-state index contributed by atoms with van der Waals surface area (Å²) >= 11 is 0. The Labute approximate surface area is 181 Å². The lowest BCUT2D eigenvalue weighted by atomic mass is 10.1. The number of aryl methyl sites for hydroxylation is 1. The standard InChI is InChI=1S/C21H16FN9O/c1-11-13-8-12(22)5-6-15(13)31-17(4-3-7-26-31)28-20-18(16(9-23)30(2)29-20)14-10-25-19(24)21(27-14)32-11/h3-8,10-11H,1-2H3,(H2,24,25). The maximum Gasteiger partial charge on any atom is 0.258 e. The molecule has 1 unspecified atom stereocenters. The van der Waals surface area contributed by atoms with Crippen LogP contribution in [0.15, 0.2) is 46.6 Å². The molecular formula is C21H16FN9O. The minimum Gasteiger partial charge on any atom is -0.467 e. The maximum atomic E-state index is 14.2. The van der Waals surface area contributed by atoms with Gasteiger partial charge < -0.3 is 10.5 Å². The highest BCUT2D eigenvalue weighted by atomic mass is 19.1. The molecule has 2 aliphatic rings. The van der Waals surface area contributed by atoms with Gasteiger partial charge in [-0.2, -0.15) is 15.5 Å². The number of hydrogen-bond donors (Lipinski definition) is 1. The number of anilines is 2. The highest BCUT2D eigenvalue weighted by molar-refractivity contribution is 6.11. The second-order valence-corrected chi connectivity index (χ2v) is 7.10. The molecule has 0 amide bonds. The van der Waals surface area contributed by atoms with E-state index in [0.29, 0.717) is 28.3 Å². The fourth-order valence-corrected chi connectivity index (χ4v) is 3.56. The van der Waals surface area contributed by atoms with Gasteiger partial charge in [-0.05, 0) is 37.3 Å². The van der Waals surface area contributed by atoms with Gasteiger partial charge in [-0.3, -0.25) is 4.68 Å². The molecule has 4 heterocycles. The van der Waals surface area contributed by atoms with Gasteiger partial charge in [-0.1, -0.05) is 0 Å². The fourth-order valence-electron chi connectivity index (χ4n) is 3.56. The molecule has 11 heteroatoms. The van der Waals surface area contributed by atoms with Gasteiger partial charge in [0.25, 0.3) is 5.88 Å². The number of aromatic nitrogens is 4. The van der Waals surface area contributed by atoms with E-state index >= 15 is 0 Å². The molecule has 0 fully saturated rings. The van der Waals surface area contributed by atoms with Gasteiger partial charge >= 0.3 is 0 Å². The highest BCUT2D eigenvalue weighted by Crippen LogP contribution is 2.37. The summed E-state index contributed by atoms with van der Waals surface area (Å²) in [6.07, 6.45) is 5.83. The van der Waals surface area contributed by atoms with Crippen molar-refractivity contribution in [3.63, 3.8) is 0 Å². The van der Waals surface area contributed by atoms with E-state index in [2.05, 4.69) is 31.2 Å². The first kappa shape index (κ1) is 19.4. The summed E-state index contributed by atoms with van der Waals surface area (Å²) in [6.45, 7) is 1.74. The Bertz CT molecular complexity index is 1380. The average Bonchev–Trinajstić information content (AvgIpc) is 3.09. The van der Waals surface area contributed by atoms with Crippen LogP contribution in [0.2, 0.25) is 0 Å². The van der Waals surface area contributed by atoms with Crippen molar-refractivity contribution in [3.8, 4) is 23.2 Å². The van der Waals surface area contributed by atoms with Gasteiger partial charge in [-0.15, -0.1) is 0 Å². The Balaban J connectivity index is 1.85. The Morgan fingerprint density at radius 3 is 2.97 bits per heavy atom. The van der Waals surface area contributed by atoms with Crippen LogP contribution >= 0.6 is 0 Å². The van der Waals surface area contributed by atoms with E-state index in [1.165, 1.54) is 23.0 Å². The first-order valence-corrected chi connectivity index (χ1v) is 9.62. The topological polar surface area (TPSA) is 131 Å². The van der Waals surface area contributed by atoms with E-state index in [1.54, 1.807) is 43.4 Å². The van der Waals surface area contributed by atoms with Crippen molar-refractivity contribution in [2.45, 2.75) is 13.0 Å². The van der Waals surface area contributed by atoms with Gasteiger partial charge in [-0.25, -0.2) is 24.4 Å². The number of halogens is 1. The third-order valence-electron chi connectivity index (χ3n) is 5.05. The van der Waals surface area contributed by atoms with Gasteiger partial charge in [0.2, 0.25) is 0 Å². The molecule has 10 nitrogen and oxygen atoms in total. The number of nitrogens with two attached hydrogens (primary N) is 1. The first-order valence-electron chi connectivity index (χ1n) is 9.62. The number of amidine groups is 1. The van der Waals surface area contributed by atoms with Gasteiger partial charge in [0.1, 0.15) is 23.7 Å². The lowest BCUT2D eigenvalue weighted by Crippen LogP contribution is -2.28. The molecule has 1 atom stereocenters. The zero-order valence-electron chi connectivity index (χ0n) is 17.1. The zero-order valence-corrected chi connectivity index (χ0v) is 17.1. The van der Waals surface area contributed by atoms with E-state index in [1.807, 2.05) is 0 Å². The smallest absolute Gasteiger partial charge is 0.258 e. The molecule has 5 rings (SSSR count). The van der Waals surface area contributed by atoms with Crippen LogP contribution in [0.5, 0.6) is 5.88 Å². The number of nitrogens with zero attached hydrogens (tertiary/aromatic N) is 8. The number of nitriles is 1. The first-order chi connectivity index (χ1) is 15.5. The van der Waals surface area contributed by atoms with Crippen LogP contribution in [0, 0.1) is 17.1 Å². The molecule has 32 heavy (non-hydrogen) atoms. The molecule has 3 aromatic rings. The normalized spacial score (nSPS) is 16.5. The molecular weight excluding hydrogens is 413 g/mol. The van der Waals surface area contributed by atoms with Gasteiger partial charge in [0, 0.05) is 18.8 Å². The highest BCUT2D eigenvalue weighted by Gasteiger charge is 2.27. The van der Waals surface area contributed by atoms with Crippen molar-refractivity contribution in [1.82, 2.24) is 19.7 Å². The number of aliphatic imine (C=N–C) groups is 1. The second-order valence-electron chi connectivity index (χ2n) is 7.10. The van der Waals surface area contributed by atoms with Crippen molar-refractivity contribution < 1.29 is 9.13 Å². The third-order valence-corrected chi connectivity index (χ3v) is 5.05. The van der Waals surface area contributed by atoms with E-state index in [9.17, 15) is 9.65 Å². The minimum atomic E-state index is -0.655. The number of benzene rings is 1. The van der Waals surface area contributed by atoms with Crippen LogP contribution in [0.1, 0.15) is 24.3 Å². The van der Waals surface area contributed by atoms with Crippen LogP contribution < -0.4 is 15.5 Å². The molecule has 1 aromatic carbocycles. The number of nitrogen functional groups attached to an aromatic ring is 1. The average molecular weight is 429 g/mol. The van der Waals surface area contributed by atoms with Crippen LogP contribution in [-0.4, -0.2) is 31.8 Å². The van der Waals surface area contributed by atoms with Crippen molar-refractivity contribution in [2.75, 3.05) is 10.7 Å². The summed E-state index contributed by atoms with van der Waals surface area (Å²) in [7, 11) is 1.64. The molecule has 0 saturated carbocycles. The number of fused-ring (bicyclic) bond motifs is 7. The summed E-state index contributed by atoms with van der Waals surface area (Å²) in [5.74, 6) is 0.340. The number of allylic oxidation sites excluding steroid dienone is 1. The van der Waals surface area contributed by atoms with Crippen LogP contribution in [0.25, 0.3) is 11.3 Å². The predicted octanol–water partition coefficient (Wildman–Crippen LogP) is 3.02. The largest absolute Gasteiger partial charge is 0.467 e. The van der Waals surface area contributed by atoms with Crippen LogP contribution in [0.4, 0.5) is 21.7 Å². The summed E-state index contributed by atoms with van der Waals surface area (Å²) in [5, 5.41) is 20.1. The van der Waals surface area contributed by atoms with Crippen LogP contribution in [-0.2, 0) is 7.05 Å². The van der Waals surface area contributed by atoms with E-state index in [-0.39, 0.29) is 23.2 Å². The van der Waals surface area contributed by atoms with Crippen molar-refractivity contribution in [2.24, 2.45) is 17.1 Å². The second kappa shape index (κ2) is 7.28. The van der Waals surface area contributed by atoms with E-state index in [0.717, 1.165) is 0 Å². The molecule has 2 N–H and O–H groups in total.